The van der Waals surface area contributed by atoms with Gasteiger partial charge in [-0.3, -0.25) is 9.59 Å². The molecule has 5 rings (SSSR count). The smallest absolute Gasteiger partial charge is 0.259 e. The number of rotatable bonds is 7. The molecule has 2 aliphatic heterocycles. The SMILES string of the molecule is O=C(NCCCN1CCCCCC1)c1ccc2c(c1)N(Cc1cccc(Cl)c1)C(=O)c1ccccc1S2(=O)=O. The van der Waals surface area contributed by atoms with E-state index in [0.29, 0.717) is 17.1 Å². The van der Waals surface area contributed by atoms with E-state index in [1.165, 1.54) is 60.9 Å². The average Bonchev–Trinajstić information content (AvgIpc) is 3.24. The lowest BCUT2D eigenvalue weighted by atomic mass is 10.1. The van der Waals surface area contributed by atoms with E-state index in [1.54, 1.807) is 30.3 Å². The molecule has 0 saturated carbocycles. The van der Waals surface area contributed by atoms with Crippen molar-refractivity contribution in [3.8, 4) is 0 Å². The Morgan fingerprint density at radius 3 is 2.44 bits per heavy atom. The Kier molecular flexibility index (Phi) is 8.35. The van der Waals surface area contributed by atoms with Crippen molar-refractivity contribution >= 4 is 38.9 Å². The summed E-state index contributed by atoms with van der Waals surface area (Å²) in [6.45, 7) is 3.75. The zero-order chi connectivity index (χ0) is 27.4. The lowest BCUT2D eigenvalue weighted by Gasteiger charge is -2.24. The van der Waals surface area contributed by atoms with Crippen LogP contribution in [-0.2, 0) is 16.4 Å². The first-order valence-electron chi connectivity index (χ1n) is 13.4. The third kappa shape index (κ3) is 6.03. The second kappa shape index (κ2) is 11.9. The number of anilines is 1. The topological polar surface area (TPSA) is 86.8 Å². The van der Waals surface area contributed by atoms with Gasteiger partial charge < -0.3 is 15.1 Å². The molecule has 0 aromatic heterocycles. The molecule has 0 unspecified atom stereocenters. The summed E-state index contributed by atoms with van der Waals surface area (Å²) in [7, 11) is -4.01. The number of nitrogens with one attached hydrogen (secondary N) is 1. The maximum Gasteiger partial charge on any atom is 0.259 e. The predicted octanol–water partition coefficient (Wildman–Crippen LogP) is 5.33. The van der Waals surface area contributed by atoms with Gasteiger partial charge in [-0.1, -0.05) is 48.7 Å². The van der Waals surface area contributed by atoms with Crippen LogP contribution >= 0.6 is 11.6 Å². The van der Waals surface area contributed by atoms with Crippen LogP contribution in [-0.4, -0.2) is 51.3 Å². The Morgan fingerprint density at radius 1 is 0.897 bits per heavy atom. The van der Waals surface area contributed by atoms with Gasteiger partial charge in [0.1, 0.15) is 0 Å². The number of benzene rings is 3. The minimum Gasteiger partial charge on any atom is -0.352 e. The predicted molar refractivity (Wildman–Crippen MR) is 152 cm³/mol. The van der Waals surface area contributed by atoms with E-state index in [4.69, 9.17) is 11.6 Å². The molecule has 204 valence electrons. The summed E-state index contributed by atoms with van der Waals surface area (Å²) in [4.78, 5) is 30.7. The fraction of sp³-hybridized carbons (Fsp3) is 0.333. The molecule has 0 atom stereocenters. The molecule has 3 aromatic carbocycles. The number of amides is 2. The number of sulfone groups is 1. The number of likely N-dealkylation sites (tertiary alicyclic amines) is 1. The number of hydrogen-bond acceptors (Lipinski definition) is 5. The Labute approximate surface area is 234 Å². The summed E-state index contributed by atoms with van der Waals surface area (Å²) >= 11 is 6.19. The molecule has 9 heteroatoms. The van der Waals surface area contributed by atoms with Gasteiger partial charge in [0.2, 0.25) is 9.84 Å². The van der Waals surface area contributed by atoms with Crippen LogP contribution in [0.1, 0.15) is 58.4 Å². The summed E-state index contributed by atoms with van der Waals surface area (Å²) in [5.41, 5.74) is 1.30. The molecule has 0 bridgehead atoms. The molecular weight excluding hydrogens is 534 g/mol. The van der Waals surface area contributed by atoms with Crippen molar-refractivity contribution in [2.45, 2.75) is 48.4 Å². The normalized spacial score (nSPS) is 17.1. The molecule has 7 nitrogen and oxygen atoms in total. The van der Waals surface area contributed by atoms with Crippen LogP contribution in [0.3, 0.4) is 0 Å². The molecular formula is C30H32ClN3O4S. The van der Waals surface area contributed by atoms with Crippen molar-refractivity contribution in [3.05, 3.63) is 88.4 Å². The van der Waals surface area contributed by atoms with Gasteiger partial charge in [0, 0.05) is 17.1 Å². The number of fused-ring (bicyclic) bond motifs is 2. The highest BCUT2D eigenvalue weighted by Crippen LogP contribution is 2.38. The van der Waals surface area contributed by atoms with Crippen LogP contribution in [0.25, 0.3) is 0 Å². The zero-order valence-electron chi connectivity index (χ0n) is 21.7. The van der Waals surface area contributed by atoms with Gasteiger partial charge in [0.15, 0.2) is 0 Å². The van der Waals surface area contributed by atoms with Gasteiger partial charge in [-0.05, 0) is 86.9 Å². The zero-order valence-corrected chi connectivity index (χ0v) is 23.3. The molecule has 2 amide bonds. The first kappa shape index (κ1) is 27.4. The maximum absolute atomic E-state index is 13.8. The van der Waals surface area contributed by atoms with Crippen molar-refractivity contribution in [3.63, 3.8) is 0 Å². The summed E-state index contributed by atoms with van der Waals surface area (Å²) in [5.74, 6) is -0.758. The second-order valence-electron chi connectivity index (χ2n) is 10.1. The second-order valence-corrected chi connectivity index (χ2v) is 12.4. The van der Waals surface area contributed by atoms with E-state index in [1.807, 2.05) is 6.07 Å². The Balaban J connectivity index is 1.42. The van der Waals surface area contributed by atoms with E-state index >= 15 is 0 Å². The summed E-state index contributed by atoms with van der Waals surface area (Å²) < 4.78 is 27.3. The van der Waals surface area contributed by atoms with Crippen molar-refractivity contribution in [1.29, 1.82) is 0 Å². The van der Waals surface area contributed by atoms with Crippen LogP contribution in [0.4, 0.5) is 5.69 Å². The number of carbonyl (C=O) groups is 2. The van der Waals surface area contributed by atoms with Crippen molar-refractivity contribution < 1.29 is 18.0 Å². The highest BCUT2D eigenvalue weighted by Gasteiger charge is 2.36. The van der Waals surface area contributed by atoms with E-state index in [9.17, 15) is 18.0 Å². The first-order chi connectivity index (χ1) is 18.8. The molecule has 1 N–H and O–H groups in total. The summed E-state index contributed by atoms with van der Waals surface area (Å²) in [6, 6.07) is 17.7. The van der Waals surface area contributed by atoms with Crippen LogP contribution in [0.2, 0.25) is 5.02 Å². The van der Waals surface area contributed by atoms with Crippen LogP contribution in [0.5, 0.6) is 0 Å². The standard InChI is InChI=1S/C30H32ClN3O4S/c31-24-10-7-9-22(19-24)21-34-26-20-23(29(35)32-15-8-18-33-16-5-1-2-6-17-33)13-14-28(26)39(37,38)27-12-4-3-11-25(27)30(34)36/h3-4,7,9-14,19-20H,1-2,5-6,8,15-18,21H2,(H,32,35). The largest absolute Gasteiger partial charge is 0.352 e. The highest BCUT2D eigenvalue weighted by atomic mass is 35.5. The van der Waals surface area contributed by atoms with Gasteiger partial charge in [0.25, 0.3) is 11.8 Å². The molecule has 2 aliphatic rings. The van der Waals surface area contributed by atoms with E-state index < -0.39 is 15.7 Å². The van der Waals surface area contributed by atoms with Gasteiger partial charge in [0.05, 0.1) is 27.6 Å². The number of halogens is 1. The first-order valence-corrected chi connectivity index (χ1v) is 15.3. The fourth-order valence-electron chi connectivity index (χ4n) is 5.29. The molecule has 0 spiro atoms. The third-order valence-electron chi connectivity index (χ3n) is 7.32. The number of hydrogen-bond donors (Lipinski definition) is 1. The minimum atomic E-state index is -4.01. The van der Waals surface area contributed by atoms with E-state index in [-0.39, 0.29) is 33.5 Å². The molecule has 2 heterocycles. The lowest BCUT2D eigenvalue weighted by molar-refractivity contribution is 0.0948. The lowest BCUT2D eigenvalue weighted by Crippen LogP contribution is -2.32. The molecule has 3 aromatic rings. The maximum atomic E-state index is 13.8. The van der Waals surface area contributed by atoms with Gasteiger partial charge in [-0.15, -0.1) is 0 Å². The summed E-state index contributed by atoms with van der Waals surface area (Å²) in [6.07, 6.45) is 5.84. The van der Waals surface area contributed by atoms with Gasteiger partial charge in [-0.25, -0.2) is 8.42 Å². The third-order valence-corrected chi connectivity index (χ3v) is 9.41. The van der Waals surface area contributed by atoms with Gasteiger partial charge in [-0.2, -0.15) is 0 Å². The number of nitrogens with zero attached hydrogens (tertiary/aromatic N) is 2. The van der Waals surface area contributed by atoms with Crippen LogP contribution in [0.15, 0.2) is 76.5 Å². The molecule has 1 fully saturated rings. The van der Waals surface area contributed by atoms with Crippen molar-refractivity contribution in [2.24, 2.45) is 0 Å². The van der Waals surface area contributed by atoms with E-state index in [2.05, 4.69) is 10.2 Å². The Morgan fingerprint density at radius 2 is 1.67 bits per heavy atom. The monoisotopic (exact) mass is 565 g/mol. The van der Waals surface area contributed by atoms with Crippen LogP contribution in [0, 0.1) is 0 Å². The minimum absolute atomic E-state index is 0.0134. The molecule has 0 aliphatic carbocycles. The van der Waals surface area contributed by atoms with Crippen molar-refractivity contribution in [2.75, 3.05) is 31.1 Å². The summed E-state index contributed by atoms with van der Waals surface area (Å²) in [5, 5.41) is 3.47. The van der Waals surface area contributed by atoms with E-state index in [0.717, 1.165) is 31.6 Å². The molecule has 1 saturated heterocycles. The average molecular weight is 566 g/mol. The molecule has 0 radical (unpaired) electrons. The highest BCUT2D eigenvalue weighted by molar-refractivity contribution is 7.91. The Bertz CT molecular complexity index is 1480. The fourth-order valence-corrected chi connectivity index (χ4v) is 7.13. The van der Waals surface area contributed by atoms with Gasteiger partial charge >= 0.3 is 0 Å². The molecule has 39 heavy (non-hydrogen) atoms. The Hall–Kier alpha value is -3.20. The number of carbonyl (C=O) groups excluding carboxylic acids is 2. The van der Waals surface area contributed by atoms with Crippen molar-refractivity contribution in [1.82, 2.24) is 10.2 Å². The van der Waals surface area contributed by atoms with Crippen LogP contribution < -0.4 is 10.2 Å². The quantitative estimate of drug-likeness (QED) is 0.391.